The van der Waals surface area contributed by atoms with Crippen molar-refractivity contribution in [3.05, 3.63) is 47.5 Å². The molecule has 0 fully saturated rings. The molecule has 1 N–H and O–H groups in total. The molecule has 168 valence electrons. The monoisotopic (exact) mass is 417 g/mol. The number of carbonyl (C=O) groups is 2. The Morgan fingerprint density at radius 3 is 1.97 bits per heavy atom. The Hall–Kier alpha value is -2.30. The summed E-state index contributed by atoms with van der Waals surface area (Å²) < 4.78 is 11.1. The van der Waals surface area contributed by atoms with E-state index in [1.165, 1.54) is 0 Å². The summed E-state index contributed by atoms with van der Waals surface area (Å²) in [5.74, 6) is -0.570. The number of hydrogen-bond donors (Lipinski definition) is 1. The van der Waals surface area contributed by atoms with Gasteiger partial charge in [0.25, 0.3) is 0 Å². The zero-order chi connectivity index (χ0) is 23.1. The van der Waals surface area contributed by atoms with Crippen LogP contribution in [0.1, 0.15) is 67.9 Å². The summed E-state index contributed by atoms with van der Waals surface area (Å²) >= 11 is 0. The fourth-order valence-electron chi connectivity index (χ4n) is 3.25. The summed E-state index contributed by atoms with van der Waals surface area (Å²) in [5.41, 5.74) is 0.817. The van der Waals surface area contributed by atoms with E-state index in [-0.39, 0.29) is 23.8 Å². The van der Waals surface area contributed by atoms with Crippen molar-refractivity contribution in [2.75, 3.05) is 0 Å². The second-order valence-electron chi connectivity index (χ2n) is 10.1. The molecule has 0 saturated heterocycles. The van der Waals surface area contributed by atoms with Crippen molar-refractivity contribution in [3.63, 3.8) is 0 Å². The maximum absolute atomic E-state index is 12.8. The van der Waals surface area contributed by atoms with Crippen molar-refractivity contribution in [1.82, 2.24) is 5.32 Å². The quantitative estimate of drug-likeness (QED) is 0.458. The molecular formula is C25H39NO4. The van der Waals surface area contributed by atoms with Crippen LogP contribution in [-0.2, 0) is 20.7 Å². The van der Waals surface area contributed by atoms with Crippen LogP contribution in [0.15, 0.2) is 42.0 Å². The van der Waals surface area contributed by atoms with Gasteiger partial charge in [-0.2, -0.15) is 0 Å². The van der Waals surface area contributed by atoms with Gasteiger partial charge < -0.3 is 14.8 Å². The molecule has 0 spiro atoms. The second-order valence-corrected chi connectivity index (χ2v) is 10.1. The maximum atomic E-state index is 12.8. The van der Waals surface area contributed by atoms with E-state index >= 15 is 0 Å². The Morgan fingerprint density at radius 2 is 1.50 bits per heavy atom. The van der Waals surface area contributed by atoms with Crippen molar-refractivity contribution in [1.29, 1.82) is 0 Å². The first-order valence-electron chi connectivity index (χ1n) is 10.6. The van der Waals surface area contributed by atoms with Gasteiger partial charge in [-0.3, -0.25) is 4.79 Å². The number of rotatable bonds is 7. The molecule has 1 aromatic carbocycles. The summed E-state index contributed by atoms with van der Waals surface area (Å²) in [7, 11) is 0. The van der Waals surface area contributed by atoms with Gasteiger partial charge in [0.05, 0.1) is 12.0 Å². The van der Waals surface area contributed by atoms with E-state index in [1.54, 1.807) is 0 Å². The van der Waals surface area contributed by atoms with Gasteiger partial charge in [0, 0.05) is 0 Å². The number of amides is 1. The lowest BCUT2D eigenvalue weighted by Gasteiger charge is -2.27. The van der Waals surface area contributed by atoms with Crippen LogP contribution in [0.25, 0.3) is 0 Å². The topological polar surface area (TPSA) is 64.6 Å². The molecule has 0 aliphatic heterocycles. The summed E-state index contributed by atoms with van der Waals surface area (Å²) in [6.45, 7) is 17.0. The number of nitrogens with one attached hydrogen (secondary N) is 1. The first kappa shape index (κ1) is 25.7. The average molecular weight is 418 g/mol. The molecule has 0 unspecified atom stereocenters. The predicted octanol–water partition coefficient (Wildman–Crippen LogP) is 5.68. The molecule has 30 heavy (non-hydrogen) atoms. The molecule has 0 bridgehead atoms. The molecule has 0 aliphatic rings. The molecule has 0 aromatic heterocycles. The molecule has 2 atom stereocenters. The van der Waals surface area contributed by atoms with Gasteiger partial charge in [0.15, 0.2) is 0 Å². The Kier molecular flexibility index (Phi) is 9.13. The smallest absolute Gasteiger partial charge is 0.408 e. The van der Waals surface area contributed by atoms with Crippen LogP contribution >= 0.6 is 0 Å². The molecule has 5 nitrogen and oxygen atoms in total. The van der Waals surface area contributed by atoms with E-state index in [4.69, 9.17) is 9.47 Å². The van der Waals surface area contributed by atoms with Crippen LogP contribution in [0.3, 0.4) is 0 Å². The molecule has 0 aliphatic carbocycles. The largest absolute Gasteiger partial charge is 0.460 e. The lowest BCUT2D eigenvalue weighted by Crippen LogP contribution is -2.40. The Labute approximate surface area is 182 Å². The number of hydrogen-bond acceptors (Lipinski definition) is 4. The Morgan fingerprint density at radius 1 is 0.967 bits per heavy atom. The van der Waals surface area contributed by atoms with Crippen molar-refractivity contribution in [2.24, 2.45) is 11.8 Å². The molecule has 0 radical (unpaired) electrons. The van der Waals surface area contributed by atoms with Gasteiger partial charge >= 0.3 is 12.1 Å². The number of esters is 1. The fourth-order valence-corrected chi connectivity index (χ4v) is 3.25. The van der Waals surface area contributed by atoms with E-state index in [0.717, 1.165) is 11.1 Å². The van der Waals surface area contributed by atoms with Crippen molar-refractivity contribution in [2.45, 2.75) is 86.0 Å². The summed E-state index contributed by atoms with van der Waals surface area (Å²) in [4.78, 5) is 25.2. The van der Waals surface area contributed by atoms with Gasteiger partial charge in [-0.1, -0.05) is 55.8 Å². The highest BCUT2D eigenvalue weighted by molar-refractivity contribution is 5.76. The molecule has 5 heteroatoms. The van der Waals surface area contributed by atoms with E-state index in [2.05, 4.69) is 5.32 Å². The molecule has 1 rings (SSSR count). The van der Waals surface area contributed by atoms with E-state index < -0.39 is 17.3 Å². The fraction of sp³-hybridized carbons (Fsp3) is 0.600. The average Bonchev–Trinajstić information content (AvgIpc) is 2.51. The summed E-state index contributed by atoms with van der Waals surface area (Å²) in [6.07, 6.45) is 2.06. The Bertz CT molecular complexity index is 724. The lowest BCUT2D eigenvalue weighted by atomic mass is 9.87. The summed E-state index contributed by atoms with van der Waals surface area (Å²) in [5, 5.41) is 2.94. The summed E-state index contributed by atoms with van der Waals surface area (Å²) in [6, 6.07) is 9.60. The highest BCUT2D eigenvalue weighted by Gasteiger charge is 2.30. The van der Waals surface area contributed by atoms with Crippen molar-refractivity contribution < 1.29 is 19.1 Å². The lowest BCUT2D eigenvalue weighted by molar-refractivity contribution is -0.159. The van der Waals surface area contributed by atoms with Crippen molar-refractivity contribution in [3.8, 4) is 0 Å². The minimum atomic E-state index is -0.586. The van der Waals surface area contributed by atoms with Crippen LogP contribution in [0.4, 0.5) is 4.79 Å². The zero-order valence-corrected chi connectivity index (χ0v) is 20.0. The third-order valence-electron chi connectivity index (χ3n) is 4.28. The number of alkyl carbamates (subject to hydrolysis) is 1. The van der Waals surface area contributed by atoms with Crippen LogP contribution < -0.4 is 5.32 Å². The first-order valence-corrected chi connectivity index (χ1v) is 10.6. The number of ether oxygens (including phenoxy) is 2. The van der Waals surface area contributed by atoms with Crippen LogP contribution in [-0.4, -0.2) is 29.3 Å². The minimum absolute atomic E-state index is 0.0648. The molecule has 1 amide bonds. The van der Waals surface area contributed by atoms with Gasteiger partial charge in [-0.05, 0) is 66.4 Å². The predicted molar refractivity (Wildman–Crippen MR) is 121 cm³/mol. The highest BCUT2D eigenvalue weighted by Crippen LogP contribution is 2.25. The Balaban J connectivity index is 3.14. The zero-order valence-electron chi connectivity index (χ0n) is 20.0. The van der Waals surface area contributed by atoms with E-state index in [0.29, 0.717) is 6.42 Å². The van der Waals surface area contributed by atoms with Gasteiger partial charge in [-0.15, -0.1) is 0 Å². The van der Waals surface area contributed by atoms with Crippen LogP contribution in [0, 0.1) is 11.8 Å². The first-order chi connectivity index (χ1) is 13.7. The molecule has 1 aromatic rings. The van der Waals surface area contributed by atoms with Crippen LogP contribution in [0.2, 0.25) is 0 Å². The van der Waals surface area contributed by atoms with Gasteiger partial charge in [-0.25, -0.2) is 4.79 Å². The molecule has 0 heterocycles. The number of benzene rings is 1. The van der Waals surface area contributed by atoms with E-state index in [9.17, 15) is 9.59 Å². The van der Waals surface area contributed by atoms with Crippen LogP contribution in [0.5, 0.6) is 0 Å². The molecular weight excluding hydrogens is 378 g/mol. The standard InChI is InChI=1S/C25H39NO4/c1-17(2)21(22(27)29-24(4,5)6)18(3)15-20(16-19-13-11-10-12-14-19)26-23(28)30-25(7,8)9/h10-15,17,20-21H,16H2,1-9H3,(H,26,28)/b18-15+/t20-,21-/m0/s1. The highest BCUT2D eigenvalue weighted by atomic mass is 16.6. The normalized spacial score (nSPS) is 14.8. The van der Waals surface area contributed by atoms with E-state index in [1.807, 2.05) is 98.7 Å². The second kappa shape index (κ2) is 10.6. The van der Waals surface area contributed by atoms with Gasteiger partial charge in [0.2, 0.25) is 0 Å². The maximum Gasteiger partial charge on any atom is 0.408 e. The minimum Gasteiger partial charge on any atom is -0.460 e. The SMILES string of the molecule is C/C(=C\[C@@H](Cc1ccccc1)NC(=O)OC(C)(C)C)[C@@H](C(=O)OC(C)(C)C)C(C)C. The molecule has 0 saturated carbocycles. The number of carbonyl (C=O) groups excluding carboxylic acids is 2. The van der Waals surface area contributed by atoms with Crippen molar-refractivity contribution >= 4 is 12.1 Å². The third kappa shape index (κ3) is 9.95. The third-order valence-corrected chi connectivity index (χ3v) is 4.28. The van der Waals surface area contributed by atoms with Gasteiger partial charge in [0.1, 0.15) is 11.2 Å².